The molecule has 0 fully saturated rings. The van der Waals surface area contributed by atoms with E-state index in [1.807, 2.05) is 20.2 Å². The highest BCUT2D eigenvalue weighted by molar-refractivity contribution is 5.78. The summed E-state index contributed by atoms with van der Waals surface area (Å²) in [5.41, 5.74) is 4.62. The number of nitrogens with one attached hydrogen (secondary N) is 1. The molecule has 1 aromatic carbocycles. The average Bonchev–Trinajstić information content (AvgIpc) is 3.24. The van der Waals surface area contributed by atoms with E-state index in [0.717, 1.165) is 53.1 Å². The first-order chi connectivity index (χ1) is 13.1. The fourth-order valence-corrected chi connectivity index (χ4v) is 3.04. The predicted octanol–water partition coefficient (Wildman–Crippen LogP) is 3.40. The second kappa shape index (κ2) is 7.28. The highest BCUT2D eigenvalue weighted by Gasteiger charge is 2.08. The van der Waals surface area contributed by atoms with Gasteiger partial charge in [-0.25, -0.2) is 14.4 Å². The number of halogens is 1. The molecule has 138 valence electrons. The maximum atomic E-state index is 13.0. The molecular formula is C20H20FN5O. The molecule has 0 radical (unpaired) electrons. The zero-order valence-corrected chi connectivity index (χ0v) is 15.2. The summed E-state index contributed by atoms with van der Waals surface area (Å²) in [5.74, 6) is 0.232. The third-order valence-electron chi connectivity index (χ3n) is 4.45. The van der Waals surface area contributed by atoms with Gasteiger partial charge in [-0.2, -0.15) is 5.10 Å². The molecule has 7 heteroatoms. The van der Waals surface area contributed by atoms with Crippen LogP contribution in [-0.2, 0) is 20.0 Å². The normalized spacial score (nSPS) is 11.4. The van der Waals surface area contributed by atoms with Crippen molar-refractivity contribution >= 4 is 11.0 Å². The third kappa shape index (κ3) is 3.73. The van der Waals surface area contributed by atoms with Crippen LogP contribution in [-0.4, -0.2) is 26.3 Å². The Labute approximate surface area is 156 Å². The largest absolute Gasteiger partial charge is 0.444 e. The van der Waals surface area contributed by atoms with Gasteiger partial charge in [-0.3, -0.25) is 4.68 Å². The second-order valence-electron chi connectivity index (χ2n) is 6.50. The third-order valence-corrected chi connectivity index (χ3v) is 4.45. The lowest BCUT2D eigenvalue weighted by molar-refractivity contribution is 0.571. The van der Waals surface area contributed by atoms with Crippen LogP contribution in [0, 0.1) is 12.7 Å². The second-order valence-corrected chi connectivity index (χ2v) is 6.50. The standard InChI is InChI=1S/C20H20FN5O/c1-13-18-9-14(11-23-19(18)26(2)25-13)10-22-8-7-17-12-27-20(24-17)15-3-5-16(21)6-4-15/h3-6,9,11-12,22H,7-8,10H2,1-2H3. The molecule has 0 aliphatic carbocycles. The van der Waals surface area contributed by atoms with E-state index >= 15 is 0 Å². The van der Waals surface area contributed by atoms with Crippen molar-refractivity contribution in [1.82, 2.24) is 25.1 Å². The van der Waals surface area contributed by atoms with E-state index in [9.17, 15) is 4.39 Å². The molecule has 6 nitrogen and oxygen atoms in total. The molecule has 0 amide bonds. The summed E-state index contributed by atoms with van der Waals surface area (Å²) in [7, 11) is 1.90. The zero-order chi connectivity index (χ0) is 18.8. The van der Waals surface area contributed by atoms with E-state index in [-0.39, 0.29) is 5.82 Å². The predicted molar refractivity (Wildman–Crippen MR) is 101 cm³/mol. The lowest BCUT2D eigenvalue weighted by Gasteiger charge is -2.04. The van der Waals surface area contributed by atoms with Gasteiger partial charge in [-0.05, 0) is 42.8 Å². The number of aryl methyl sites for hydroxylation is 2. The minimum atomic E-state index is -0.274. The molecule has 4 aromatic rings. The highest BCUT2D eigenvalue weighted by atomic mass is 19.1. The Morgan fingerprint density at radius 1 is 1.22 bits per heavy atom. The van der Waals surface area contributed by atoms with E-state index < -0.39 is 0 Å². The van der Waals surface area contributed by atoms with Crippen LogP contribution < -0.4 is 5.32 Å². The van der Waals surface area contributed by atoms with Gasteiger partial charge in [0.25, 0.3) is 0 Å². The zero-order valence-electron chi connectivity index (χ0n) is 15.2. The number of hydrogen-bond acceptors (Lipinski definition) is 5. The number of aromatic nitrogens is 4. The number of hydrogen-bond donors (Lipinski definition) is 1. The fourth-order valence-electron chi connectivity index (χ4n) is 3.04. The first-order valence-electron chi connectivity index (χ1n) is 8.79. The van der Waals surface area contributed by atoms with Gasteiger partial charge in [0, 0.05) is 43.7 Å². The van der Waals surface area contributed by atoms with Gasteiger partial charge in [-0.15, -0.1) is 0 Å². The number of pyridine rings is 1. The summed E-state index contributed by atoms with van der Waals surface area (Å²) >= 11 is 0. The Balaban J connectivity index is 1.33. The molecule has 0 atom stereocenters. The molecule has 4 rings (SSSR count). The first-order valence-corrected chi connectivity index (χ1v) is 8.79. The van der Waals surface area contributed by atoms with Gasteiger partial charge in [0.05, 0.1) is 11.4 Å². The molecule has 0 aliphatic heterocycles. The van der Waals surface area contributed by atoms with Gasteiger partial charge in [-0.1, -0.05) is 0 Å². The van der Waals surface area contributed by atoms with Crippen molar-refractivity contribution in [2.75, 3.05) is 6.54 Å². The van der Waals surface area contributed by atoms with E-state index in [0.29, 0.717) is 5.89 Å². The Bertz CT molecular complexity index is 1070. The number of oxazole rings is 1. The van der Waals surface area contributed by atoms with Crippen molar-refractivity contribution in [2.24, 2.45) is 7.05 Å². The summed E-state index contributed by atoms with van der Waals surface area (Å²) in [6, 6.07) is 8.24. The summed E-state index contributed by atoms with van der Waals surface area (Å²) < 4.78 is 20.3. The molecule has 27 heavy (non-hydrogen) atoms. The SMILES string of the molecule is Cc1nn(C)c2ncc(CNCCc3coc(-c4ccc(F)cc4)n3)cc12. The van der Waals surface area contributed by atoms with Crippen molar-refractivity contribution in [3.8, 4) is 11.5 Å². The molecule has 0 saturated heterocycles. The van der Waals surface area contributed by atoms with Crippen molar-refractivity contribution in [3.05, 3.63) is 65.6 Å². The van der Waals surface area contributed by atoms with Crippen LogP contribution in [0.2, 0.25) is 0 Å². The van der Waals surface area contributed by atoms with Gasteiger partial charge in [0.1, 0.15) is 12.1 Å². The molecule has 3 aromatic heterocycles. The maximum absolute atomic E-state index is 13.0. The van der Waals surface area contributed by atoms with Crippen LogP contribution in [0.1, 0.15) is 17.0 Å². The topological polar surface area (TPSA) is 68.8 Å². The Morgan fingerprint density at radius 2 is 2.04 bits per heavy atom. The number of fused-ring (bicyclic) bond motifs is 1. The van der Waals surface area contributed by atoms with E-state index in [1.54, 1.807) is 23.1 Å². The van der Waals surface area contributed by atoms with Crippen LogP contribution in [0.3, 0.4) is 0 Å². The summed E-state index contributed by atoms with van der Waals surface area (Å²) in [6.07, 6.45) is 4.26. The molecular weight excluding hydrogens is 345 g/mol. The monoisotopic (exact) mass is 365 g/mol. The van der Waals surface area contributed by atoms with Crippen LogP contribution in [0.5, 0.6) is 0 Å². The Kier molecular flexibility index (Phi) is 4.68. The molecule has 0 saturated carbocycles. The Morgan fingerprint density at radius 3 is 2.85 bits per heavy atom. The molecule has 3 heterocycles. The lowest BCUT2D eigenvalue weighted by atomic mass is 10.2. The van der Waals surface area contributed by atoms with Crippen molar-refractivity contribution < 1.29 is 8.81 Å². The summed E-state index contributed by atoms with van der Waals surface area (Å²) in [4.78, 5) is 8.95. The number of benzene rings is 1. The number of nitrogens with zero attached hydrogens (tertiary/aromatic N) is 4. The van der Waals surface area contributed by atoms with Crippen molar-refractivity contribution in [2.45, 2.75) is 19.9 Å². The number of rotatable bonds is 6. The molecule has 0 unspecified atom stereocenters. The minimum absolute atomic E-state index is 0.274. The van der Waals surface area contributed by atoms with E-state index in [2.05, 4.69) is 26.4 Å². The fraction of sp³-hybridized carbons (Fsp3) is 0.250. The smallest absolute Gasteiger partial charge is 0.226 e. The van der Waals surface area contributed by atoms with Gasteiger partial charge in [0.15, 0.2) is 5.65 Å². The molecule has 0 bridgehead atoms. The van der Waals surface area contributed by atoms with Crippen molar-refractivity contribution in [1.29, 1.82) is 0 Å². The van der Waals surface area contributed by atoms with Crippen LogP contribution in [0.15, 0.2) is 47.2 Å². The van der Waals surface area contributed by atoms with Crippen LogP contribution >= 0.6 is 0 Å². The van der Waals surface area contributed by atoms with Crippen LogP contribution in [0.4, 0.5) is 4.39 Å². The molecule has 0 aliphatic rings. The highest BCUT2D eigenvalue weighted by Crippen LogP contribution is 2.19. The van der Waals surface area contributed by atoms with Crippen molar-refractivity contribution in [3.63, 3.8) is 0 Å². The molecule has 1 N–H and O–H groups in total. The quantitative estimate of drug-likeness (QED) is 0.531. The van der Waals surface area contributed by atoms with E-state index in [1.165, 1.54) is 12.1 Å². The average molecular weight is 365 g/mol. The van der Waals surface area contributed by atoms with E-state index in [4.69, 9.17) is 4.42 Å². The van der Waals surface area contributed by atoms with Gasteiger partial charge < -0.3 is 9.73 Å². The van der Waals surface area contributed by atoms with Gasteiger partial charge >= 0.3 is 0 Å². The Hall–Kier alpha value is -3.06. The summed E-state index contributed by atoms with van der Waals surface area (Å²) in [5, 5.41) is 8.87. The van der Waals surface area contributed by atoms with Gasteiger partial charge in [0.2, 0.25) is 5.89 Å². The minimum Gasteiger partial charge on any atom is -0.444 e. The molecule has 0 spiro atoms. The maximum Gasteiger partial charge on any atom is 0.226 e. The van der Waals surface area contributed by atoms with Crippen LogP contribution in [0.25, 0.3) is 22.5 Å². The summed E-state index contributed by atoms with van der Waals surface area (Å²) in [6.45, 7) is 3.48. The first kappa shape index (κ1) is 17.4. The lowest BCUT2D eigenvalue weighted by Crippen LogP contribution is -2.17.